The number of rotatable bonds is 4. The number of aromatic nitrogens is 3. The van der Waals surface area contributed by atoms with E-state index in [1.165, 1.54) is 12.4 Å². The molecule has 7 nitrogen and oxygen atoms in total. The van der Waals surface area contributed by atoms with Crippen LogP contribution in [0.5, 0.6) is 0 Å². The number of nitrogens with zero attached hydrogens (tertiary/aromatic N) is 2. The molecule has 4 aromatic rings. The summed E-state index contributed by atoms with van der Waals surface area (Å²) in [5, 5.41) is 5.11. The van der Waals surface area contributed by atoms with Gasteiger partial charge in [-0.1, -0.05) is 24.3 Å². The lowest BCUT2D eigenvalue weighted by atomic mass is 10.1. The summed E-state index contributed by atoms with van der Waals surface area (Å²) in [7, 11) is -3.78. The fourth-order valence-corrected chi connectivity index (χ4v) is 3.29. The first-order chi connectivity index (χ1) is 12.8. The first-order valence-corrected chi connectivity index (χ1v) is 9.34. The van der Waals surface area contributed by atoms with Gasteiger partial charge in [0, 0.05) is 18.2 Å². The Morgan fingerprint density at radius 1 is 1.11 bits per heavy atom. The van der Waals surface area contributed by atoms with Crippen LogP contribution in [0.2, 0.25) is 0 Å². The SMILES string of the molecule is NS(=O)(=O)NCc1ccc(-c2ncnc3c2[nH]c2cc(F)cc(F)c23)cc1. The summed E-state index contributed by atoms with van der Waals surface area (Å²) < 4.78 is 51.8. The highest BCUT2D eigenvalue weighted by molar-refractivity contribution is 7.87. The van der Waals surface area contributed by atoms with Crippen LogP contribution >= 0.6 is 0 Å². The molecule has 2 heterocycles. The topological polar surface area (TPSA) is 114 Å². The van der Waals surface area contributed by atoms with Crippen molar-refractivity contribution < 1.29 is 17.2 Å². The summed E-state index contributed by atoms with van der Waals surface area (Å²) in [6, 6.07) is 8.92. The van der Waals surface area contributed by atoms with Gasteiger partial charge in [0.1, 0.15) is 23.5 Å². The first-order valence-electron chi connectivity index (χ1n) is 7.80. The van der Waals surface area contributed by atoms with E-state index in [-0.39, 0.29) is 11.9 Å². The van der Waals surface area contributed by atoms with Gasteiger partial charge in [0.2, 0.25) is 0 Å². The number of hydrogen-bond donors (Lipinski definition) is 3. The Kier molecular flexibility index (Phi) is 4.10. The minimum Gasteiger partial charge on any atom is -0.351 e. The van der Waals surface area contributed by atoms with Gasteiger partial charge in [0.05, 0.1) is 22.1 Å². The van der Waals surface area contributed by atoms with E-state index in [1.807, 2.05) is 0 Å². The largest absolute Gasteiger partial charge is 0.351 e. The smallest absolute Gasteiger partial charge is 0.274 e. The second kappa shape index (κ2) is 6.34. The number of nitrogens with two attached hydrogens (primary N) is 1. The molecule has 138 valence electrons. The van der Waals surface area contributed by atoms with Crippen LogP contribution in [0, 0.1) is 11.6 Å². The summed E-state index contributed by atoms with van der Waals surface area (Å²) in [4.78, 5) is 11.3. The number of H-pyrrole nitrogens is 1. The van der Waals surface area contributed by atoms with Crippen LogP contribution < -0.4 is 9.86 Å². The van der Waals surface area contributed by atoms with E-state index in [9.17, 15) is 17.2 Å². The second-order valence-corrected chi connectivity index (χ2v) is 7.32. The van der Waals surface area contributed by atoms with Gasteiger partial charge in [-0.2, -0.15) is 13.1 Å². The molecule has 0 aliphatic rings. The molecule has 4 N–H and O–H groups in total. The quantitative estimate of drug-likeness (QED) is 0.497. The fraction of sp³-hybridized carbons (Fsp3) is 0.0588. The Hall–Kier alpha value is -2.95. The molecule has 2 aromatic heterocycles. The van der Waals surface area contributed by atoms with Crippen molar-refractivity contribution in [2.45, 2.75) is 6.54 Å². The molecule has 2 aromatic carbocycles. The Morgan fingerprint density at radius 2 is 1.85 bits per heavy atom. The van der Waals surface area contributed by atoms with Crippen molar-refractivity contribution >= 4 is 32.1 Å². The monoisotopic (exact) mass is 389 g/mol. The molecular weight excluding hydrogens is 376 g/mol. The van der Waals surface area contributed by atoms with Crippen molar-refractivity contribution in [3.05, 3.63) is 59.9 Å². The average molecular weight is 389 g/mol. The zero-order valence-electron chi connectivity index (χ0n) is 13.7. The Labute approximate surface area is 152 Å². The van der Waals surface area contributed by atoms with Crippen molar-refractivity contribution in [1.82, 2.24) is 19.7 Å². The Bertz CT molecular complexity index is 1270. The van der Waals surface area contributed by atoms with Crippen molar-refractivity contribution in [1.29, 1.82) is 0 Å². The summed E-state index contributed by atoms with van der Waals surface area (Å²) in [6.07, 6.45) is 1.31. The van der Waals surface area contributed by atoms with Gasteiger partial charge in [-0.15, -0.1) is 0 Å². The van der Waals surface area contributed by atoms with E-state index in [0.29, 0.717) is 33.4 Å². The number of halogens is 2. The molecule has 0 bridgehead atoms. The zero-order valence-corrected chi connectivity index (χ0v) is 14.5. The fourth-order valence-electron chi connectivity index (χ4n) is 2.92. The normalized spacial score (nSPS) is 12.1. The molecule has 10 heteroatoms. The van der Waals surface area contributed by atoms with Gasteiger partial charge in [-0.05, 0) is 11.6 Å². The minimum atomic E-state index is -3.78. The molecule has 4 rings (SSSR count). The van der Waals surface area contributed by atoms with E-state index >= 15 is 0 Å². The van der Waals surface area contributed by atoms with Gasteiger partial charge in [0.25, 0.3) is 10.2 Å². The molecule has 27 heavy (non-hydrogen) atoms. The van der Waals surface area contributed by atoms with Crippen molar-refractivity contribution in [2.24, 2.45) is 5.14 Å². The maximum atomic E-state index is 14.2. The Morgan fingerprint density at radius 3 is 2.56 bits per heavy atom. The van der Waals surface area contributed by atoms with Crippen molar-refractivity contribution in [2.75, 3.05) is 0 Å². The van der Waals surface area contributed by atoms with Crippen LogP contribution in [-0.4, -0.2) is 23.4 Å². The van der Waals surface area contributed by atoms with Crippen LogP contribution in [0.15, 0.2) is 42.7 Å². The number of aromatic amines is 1. The lowest BCUT2D eigenvalue weighted by Gasteiger charge is -2.05. The Balaban J connectivity index is 1.79. The van der Waals surface area contributed by atoms with Gasteiger partial charge >= 0.3 is 0 Å². The lowest BCUT2D eigenvalue weighted by molar-refractivity contribution is 0.583. The standard InChI is InChI=1S/C17H13F2N5O2S/c18-11-5-12(19)14-13(6-11)24-17-15(21-8-22-16(14)17)10-3-1-9(2-4-10)7-23-27(20,25)26/h1-6,8,23-24H,7H2,(H2,20,25,26). The van der Waals surface area contributed by atoms with E-state index in [2.05, 4.69) is 19.7 Å². The van der Waals surface area contributed by atoms with E-state index < -0.39 is 21.8 Å². The molecule has 0 saturated carbocycles. The molecule has 0 unspecified atom stereocenters. The average Bonchev–Trinajstić information content (AvgIpc) is 2.98. The predicted octanol–water partition coefficient (Wildman–Crippen LogP) is 2.35. The van der Waals surface area contributed by atoms with Crippen LogP contribution in [0.25, 0.3) is 33.2 Å². The maximum Gasteiger partial charge on any atom is 0.274 e. The summed E-state index contributed by atoms with van der Waals surface area (Å²) in [6.45, 7) is 0.0508. The molecule has 0 saturated heterocycles. The highest BCUT2D eigenvalue weighted by atomic mass is 32.2. The van der Waals surface area contributed by atoms with Gasteiger partial charge in [0.15, 0.2) is 0 Å². The van der Waals surface area contributed by atoms with Crippen LogP contribution in [0.3, 0.4) is 0 Å². The molecule has 0 amide bonds. The summed E-state index contributed by atoms with van der Waals surface area (Å²) in [5.41, 5.74) is 3.04. The number of hydrogen-bond acceptors (Lipinski definition) is 4. The summed E-state index contributed by atoms with van der Waals surface area (Å²) in [5.74, 6) is -1.39. The van der Waals surface area contributed by atoms with Crippen LogP contribution in [-0.2, 0) is 16.8 Å². The molecule has 0 fully saturated rings. The molecule has 0 spiro atoms. The van der Waals surface area contributed by atoms with E-state index in [0.717, 1.165) is 6.07 Å². The number of nitrogens with one attached hydrogen (secondary N) is 2. The third-order valence-electron chi connectivity index (χ3n) is 4.10. The molecule has 0 aliphatic carbocycles. The van der Waals surface area contributed by atoms with Crippen LogP contribution in [0.1, 0.15) is 5.56 Å². The molecule has 0 aliphatic heterocycles. The van der Waals surface area contributed by atoms with Gasteiger partial charge < -0.3 is 4.98 Å². The van der Waals surface area contributed by atoms with Gasteiger partial charge in [-0.25, -0.2) is 23.9 Å². The third-order valence-corrected chi connectivity index (χ3v) is 4.65. The second-order valence-electron chi connectivity index (χ2n) is 5.94. The highest BCUT2D eigenvalue weighted by Gasteiger charge is 2.16. The third kappa shape index (κ3) is 3.37. The minimum absolute atomic E-state index is 0.0508. The maximum absolute atomic E-state index is 14.2. The number of benzene rings is 2. The van der Waals surface area contributed by atoms with Crippen molar-refractivity contribution in [3.63, 3.8) is 0 Å². The highest BCUT2D eigenvalue weighted by Crippen LogP contribution is 2.32. The summed E-state index contributed by atoms with van der Waals surface area (Å²) >= 11 is 0. The molecular formula is C17H13F2N5O2S. The van der Waals surface area contributed by atoms with Gasteiger partial charge in [-0.3, -0.25) is 0 Å². The van der Waals surface area contributed by atoms with E-state index in [4.69, 9.17) is 5.14 Å². The zero-order chi connectivity index (χ0) is 19.2. The van der Waals surface area contributed by atoms with Crippen molar-refractivity contribution in [3.8, 4) is 11.3 Å². The lowest BCUT2D eigenvalue weighted by Crippen LogP contribution is -2.30. The molecule has 0 radical (unpaired) electrons. The predicted molar refractivity (Wildman–Crippen MR) is 96.7 cm³/mol. The first kappa shape index (κ1) is 17.5. The number of fused-ring (bicyclic) bond motifs is 3. The van der Waals surface area contributed by atoms with Crippen LogP contribution in [0.4, 0.5) is 8.78 Å². The van der Waals surface area contributed by atoms with E-state index in [1.54, 1.807) is 24.3 Å². The molecule has 0 atom stereocenters.